The molecular formula is C15H23BrN2S. The van der Waals surface area contributed by atoms with Crippen molar-refractivity contribution in [2.75, 3.05) is 19.6 Å². The van der Waals surface area contributed by atoms with Crippen LogP contribution in [0.25, 0.3) is 0 Å². The van der Waals surface area contributed by atoms with Crippen LogP contribution in [0.1, 0.15) is 43.5 Å². The molecule has 0 aromatic carbocycles. The van der Waals surface area contributed by atoms with E-state index in [9.17, 15) is 0 Å². The first-order valence-electron chi connectivity index (χ1n) is 7.45. The van der Waals surface area contributed by atoms with Crippen LogP contribution in [-0.4, -0.2) is 30.6 Å². The van der Waals surface area contributed by atoms with Crippen LogP contribution in [0.4, 0.5) is 0 Å². The molecule has 1 aliphatic carbocycles. The summed E-state index contributed by atoms with van der Waals surface area (Å²) in [6.45, 7) is 6.10. The zero-order valence-corrected chi connectivity index (χ0v) is 14.0. The number of nitrogens with one attached hydrogen (secondary N) is 1. The first-order chi connectivity index (χ1) is 9.24. The second kappa shape index (κ2) is 6.25. The maximum absolute atomic E-state index is 3.59. The Morgan fingerprint density at radius 1 is 1.32 bits per heavy atom. The SMILES string of the molecule is CC(c1ccc(Br)s1)N(CC1CCNCC1)C1CC1. The summed E-state index contributed by atoms with van der Waals surface area (Å²) in [4.78, 5) is 4.28. The van der Waals surface area contributed by atoms with Crippen LogP contribution in [0, 0.1) is 5.92 Å². The van der Waals surface area contributed by atoms with E-state index in [-0.39, 0.29) is 0 Å². The fraction of sp³-hybridized carbons (Fsp3) is 0.733. The lowest BCUT2D eigenvalue weighted by Gasteiger charge is -2.34. The van der Waals surface area contributed by atoms with Gasteiger partial charge >= 0.3 is 0 Å². The maximum Gasteiger partial charge on any atom is 0.0701 e. The monoisotopic (exact) mass is 342 g/mol. The van der Waals surface area contributed by atoms with E-state index in [1.165, 1.54) is 54.0 Å². The van der Waals surface area contributed by atoms with E-state index in [1.807, 2.05) is 11.3 Å². The molecule has 2 fully saturated rings. The molecule has 1 saturated heterocycles. The van der Waals surface area contributed by atoms with Crippen LogP contribution in [0.15, 0.2) is 15.9 Å². The standard InChI is InChI=1S/C15H23BrN2S/c1-11(14-4-5-15(16)19-14)18(13-2-3-13)10-12-6-8-17-9-7-12/h4-5,11-13,17H,2-3,6-10H2,1H3. The predicted octanol–water partition coefficient (Wildman–Crippen LogP) is 4.04. The summed E-state index contributed by atoms with van der Waals surface area (Å²) in [7, 11) is 0. The fourth-order valence-electron chi connectivity index (χ4n) is 3.11. The van der Waals surface area contributed by atoms with E-state index in [0.29, 0.717) is 6.04 Å². The van der Waals surface area contributed by atoms with Gasteiger partial charge in [0.2, 0.25) is 0 Å². The first kappa shape index (κ1) is 14.1. The van der Waals surface area contributed by atoms with Crippen molar-refractivity contribution in [1.29, 1.82) is 0 Å². The Morgan fingerprint density at radius 3 is 2.63 bits per heavy atom. The summed E-state index contributed by atoms with van der Waals surface area (Å²) in [5.41, 5.74) is 0. The Labute approximate surface area is 128 Å². The van der Waals surface area contributed by atoms with Crippen molar-refractivity contribution in [3.05, 3.63) is 20.8 Å². The molecule has 4 heteroatoms. The lowest BCUT2D eigenvalue weighted by Crippen LogP contribution is -2.38. The predicted molar refractivity (Wildman–Crippen MR) is 85.8 cm³/mol. The second-order valence-electron chi connectivity index (χ2n) is 5.94. The fourth-order valence-corrected chi connectivity index (χ4v) is 4.60. The summed E-state index contributed by atoms with van der Waals surface area (Å²) in [5.74, 6) is 0.896. The van der Waals surface area contributed by atoms with Gasteiger partial charge in [-0.1, -0.05) is 0 Å². The highest BCUT2D eigenvalue weighted by Crippen LogP contribution is 2.38. The van der Waals surface area contributed by atoms with Gasteiger partial charge < -0.3 is 5.32 Å². The van der Waals surface area contributed by atoms with Gasteiger partial charge in [0.25, 0.3) is 0 Å². The van der Waals surface area contributed by atoms with Gasteiger partial charge in [0.05, 0.1) is 3.79 Å². The minimum atomic E-state index is 0.582. The average Bonchev–Trinajstić information content (AvgIpc) is 3.18. The Hall–Kier alpha value is 0.1000. The molecule has 2 heterocycles. The maximum atomic E-state index is 3.59. The third-order valence-corrected chi connectivity index (χ3v) is 6.24. The van der Waals surface area contributed by atoms with Gasteiger partial charge in [0, 0.05) is 23.5 Å². The number of halogens is 1. The molecule has 19 heavy (non-hydrogen) atoms. The zero-order chi connectivity index (χ0) is 13.2. The van der Waals surface area contributed by atoms with Gasteiger partial charge in [-0.3, -0.25) is 4.90 Å². The Morgan fingerprint density at radius 2 is 2.05 bits per heavy atom. The van der Waals surface area contributed by atoms with Crippen LogP contribution in [0.2, 0.25) is 0 Å². The largest absolute Gasteiger partial charge is 0.317 e. The normalized spacial score (nSPS) is 22.9. The first-order valence-corrected chi connectivity index (χ1v) is 9.06. The van der Waals surface area contributed by atoms with Crippen molar-refractivity contribution in [2.45, 2.75) is 44.7 Å². The lowest BCUT2D eigenvalue weighted by atomic mass is 9.96. The topological polar surface area (TPSA) is 15.3 Å². The molecule has 1 aromatic rings. The van der Waals surface area contributed by atoms with Crippen molar-refractivity contribution < 1.29 is 0 Å². The van der Waals surface area contributed by atoms with E-state index in [4.69, 9.17) is 0 Å². The summed E-state index contributed by atoms with van der Waals surface area (Å²) in [6.07, 6.45) is 5.51. The Kier molecular flexibility index (Phi) is 4.62. The van der Waals surface area contributed by atoms with Crippen LogP contribution < -0.4 is 5.32 Å². The summed E-state index contributed by atoms with van der Waals surface area (Å²) >= 11 is 5.49. The van der Waals surface area contributed by atoms with Crippen LogP contribution >= 0.6 is 27.3 Å². The molecule has 2 aliphatic rings. The minimum absolute atomic E-state index is 0.582. The molecule has 3 rings (SSSR count). The van der Waals surface area contributed by atoms with E-state index in [0.717, 1.165) is 12.0 Å². The van der Waals surface area contributed by atoms with Crippen LogP contribution in [-0.2, 0) is 0 Å². The van der Waals surface area contributed by atoms with Crippen molar-refractivity contribution in [2.24, 2.45) is 5.92 Å². The van der Waals surface area contributed by atoms with Gasteiger partial charge in [-0.25, -0.2) is 0 Å². The highest BCUT2D eigenvalue weighted by Gasteiger charge is 2.34. The molecule has 2 nitrogen and oxygen atoms in total. The zero-order valence-electron chi connectivity index (χ0n) is 11.6. The molecule has 1 aromatic heterocycles. The second-order valence-corrected chi connectivity index (χ2v) is 8.43. The van der Waals surface area contributed by atoms with Crippen LogP contribution in [0.5, 0.6) is 0 Å². The Bertz CT molecular complexity index is 410. The highest BCUT2D eigenvalue weighted by atomic mass is 79.9. The number of thiophene rings is 1. The van der Waals surface area contributed by atoms with Gasteiger partial charge in [-0.05, 0) is 79.7 Å². The van der Waals surface area contributed by atoms with E-state index in [1.54, 1.807) is 0 Å². The molecule has 1 unspecified atom stereocenters. The summed E-state index contributed by atoms with van der Waals surface area (Å²) in [5, 5.41) is 3.47. The third-order valence-electron chi connectivity index (χ3n) is 4.45. The van der Waals surface area contributed by atoms with Crippen molar-refractivity contribution in [3.8, 4) is 0 Å². The van der Waals surface area contributed by atoms with E-state index >= 15 is 0 Å². The van der Waals surface area contributed by atoms with Gasteiger partial charge in [-0.15, -0.1) is 11.3 Å². The molecule has 0 bridgehead atoms. The molecule has 106 valence electrons. The molecule has 0 radical (unpaired) electrons. The van der Waals surface area contributed by atoms with Gasteiger partial charge in [-0.2, -0.15) is 0 Å². The number of hydrogen-bond donors (Lipinski definition) is 1. The highest BCUT2D eigenvalue weighted by molar-refractivity contribution is 9.11. The molecule has 1 saturated carbocycles. The number of hydrogen-bond acceptors (Lipinski definition) is 3. The van der Waals surface area contributed by atoms with Crippen molar-refractivity contribution in [3.63, 3.8) is 0 Å². The van der Waals surface area contributed by atoms with Gasteiger partial charge in [0.1, 0.15) is 0 Å². The average molecular weight is 343 g/mol. The number of nitrogens with zero attached hydrogens (tertiary/aromatic N) is 1. The van der Waals surface area contributed by atoms with Crippen molar-refractivity contribution in [1.82, 2.24) is 10.2 Å². The van der Waals surface area contributed by atoms with Crippen molar-refractivity contribution >= 4 is 27.3 Å². The molecule has 1 aliphatic heterocycles. The van der Waals surface area contributed by atoms with E-state index < -0.39 is 0 Å². The minimum Gasteiger partial charge on any atom is -0.317 e. The third kappa shape index (κ3) is 3.60. The molecule has 1 N–H and O–H groups in total. The quantitative estimate of drug-likeness (QED) is 0.868. The molecule has 1 atom stereocenters. The number of piperidine rings is 1. The lowest BCUT2D eigenvalue weighted by molar-refractivity contribution is 0.154. The summed E-state index contributed by atoms with van der Waals surface area (Å²) < 4.78 is 1.26. The molecule has 0 spiro atoms. The Balaban J connectivity index is 1.66. The number of rotatable bonds is 5. The molecular weight excluding hydrogens is 320 g/mol. The smallest absolute Gasteiger partial charge is 0.0701 e. The molecule has 0 amide bonds. The summed E-state index contributed by atoms with van der Waals surface area (Å²) in [6, 6.07) is 5.91. The van der Waals surface area contributed by atoms with E-state index in [2.05, 4.69) is 45.2 Å². The van der Waals surface area contributed by atoms with Gasteiger partial charge in [0.15, 0.2) is 0 Å². The van der Waals surface area contributed by atoms with Crippen LogP contribution in [0.3, 0.4) is 0 Å².